The van der Waals surface area contributed by atoms with Gasteiger partial charge in [0.2, 0.25) is 0 Å². The molecule has 1 fully saturated rings. The molecule has 2 unspecified atom stereocenters. The molecule has 1 heterocycles. The Morgan fingerprint density at radius 2 is 2.20 bits per heavy atom. The highest BCUT2D eigenvalue weighted by Gasteiger charge is 2.26. The highest BCUT2D eigenvalue weighted by molar-refractivity contribution is 6.32. The van der Waals surface area contributed by atoms with Gasteiger partial charge < -0.3 is 4.74 Å². The number of rotatable bonds is 4. The molecule has 3 nitrogen and oxygen atoms in total. The van der Waals surface area contributed by atoms with Gasteiger partial charge in [-0.25, -0.2) is 0 Å². The van der Waals surface area contributed by atoms with Crippen molar-refractivity contribution in [2.24, 2.45) is 5.92 Å². The van der Waals surface area contributed by atoms with Crippen LogP contribution in [0.2, 0.25) is 5.02 Å². The fraction of sp³-hybridized carbons (Fsp3) is 0.562. The summed E-state index contributed by atoms with van der Waals surface area (Å²) in [6.07, 6.45) is 2.42. The van der Waals surface area contributed by atoms with Crippen molar-refractivity contribution in [2.75, 3.05) is 20.2 Å². The Morgan fingerprint density at radius 3 is 2.85 bits per heavy atom. The number of likely N-dealkylation sites (tertiary alicyclic amines) is 1. The van der Waals surface area contributed by atoms with Gasteiger partial charge in [-0.05, 0) is 50.4 Å². The van der Waals surface area contributed by atoms with Crippen LogP contribution in [0.4, 0.5) is 0 Å². The molecule has 0 N–H and O–H groups in total. The van der Waals surface area contributed by atoms with E-state index in [0.717, 1.165) is 6.54 Å². The van der Waals surface area contributed by atoms with E-state index in [1.807, 2.05) is 0 Å². The monoisotopic (exact) mass is 295 g/mol. The second-order valence-corrected chi connectivity index (χ2v) is 6.01. The van der Waals surface area contributed by atoms with Crippen molar-refractivity contribution < 1.29 is 9.53 Å². The van der Waals surface area contributed by atoms with Crippen LogP contribution in [0.3, 0.4) is 0 Å². The summed E-state index contributed by atoms with van der Waals surface area (Å²) < 4.78 is 5.11. The summed E-state index contributed by atoms with van der Waals surface area (Å²) >= 11 is 6.08. The van der Waals surface area contributed by atoms with Crippen molar-refractivity contribution in [3.63, 3.8) is 0 Å². The first-order chi connectivity index (χ1) is 9.52. The smallest absolute Gasteiger partial charge is 0.176 e. The van der Waals surface area contributed by atoms with Gasteiger partial charge in [-0.2, -0.15) is 0 Å². The second-order valence-electron chi connectivity index (χ2n) is 5.60. The van der Waals surface area contributed by atoms with Crippen LogP contribution in [-0.4, -0.2) is 36.9 Å². The van der Waals surface area contributed by atoms with Crippen molar-refractivity contribution >= 4 is 17.4 Å². The maximum atomic E-state index is 12.4. The lowest BCUT2D eigenvalue weighted by Crippen LogP contribution is -2.44. The van der Waals surface area contributed by atoms with Crippen LogP contribution in [-0.2, 0) is 0 Å². The normalized spacial score (nSPS) is 23.6. The average Bonchev–Trinajstić information content (AvgIpc) is 2.43. The first-order valence-electron chi connectivity index (χ1n) is 7.13. The Bertz CT molecular complexity index is 489. The van der Waals surface area contributed by atoms with Gasteiger partial charge in [0, 0.05) is 11.6 Å². The lowest BCUT2D eigenvalue weighted by atomic mass is 9.91. The molecule has 1 aliphatic rings. The molecule has 1 aliphatic heterocycles. The van der Waals surface area contributed by atoms with E-state index in [1.54, 1.807) is 25.3 Å². The molecule has 0 amide bonds. The Balaban J connectivity index is 2.06. The van der Waals surface area contributed by atoms with E-state index in [1.165, 1.54) is 12.8 Å². The van der Waals surface area contributed by atoms with Gasteiger partial charge in [-0.1, -0.05) is 18.5 Å². The molecule has 0 aromatic heterocycles. The zero-order valence-corrected chi connectivity index (χ0v) is 13.1. The third kappa shape index (κ3) is 3.33. The predicted molar refractivity (Wildman–Crippen MR) is 81.8 cm³/mol. The van der Waals surface area contributed by atoms with Gasteiger partial charge in [0.1, 0.15) is 5.75 Å². The first kappa shape index (κ1) is 15.3. The molecule has 20 heavy (non-hydrogen) atoms. The minimum atomic E-state index is 0.121. The molecule has 110 valence electrons. The Hall–Kier alpha value is -1.06. The van der Waals surface area contributed by atoms with Gasteiger partial charge in [-0.15, -0.1) is 0 Å². The fourth-order valence-corrected chi connectivity index (χ4v) is 3.02. The highest BCUT2D eigenvalue weighted by Crippen LogP contribution is 2.26. The van der Waals surface area contributed by atoms with Crippen molar-refractivity contribution in [1.82, 2.24) is 4.90 Å². The number of nitrogens with zero attached hydrogens (tertiary/aromatic N) is 1. The third-order valence-electron chi connectivity index (χ3n) is 4.32. The molecule has 0 spiro atoms. The van der Waals surface area contributed by atoms with E-state index in [-0.39, 0.29) is 5.78 Å². The van der Waals surface area contributed by atoms with Crippen LogP contribution in [0.5, 0.6) is 5.75 Å². The van der Waals surface area contributed by atoms with Gasteiger partial charge >= 0.3 is 0 Å². The van der Waals surface area contributed by atoms with E-state index in [0.29, 0.717) is 34.8 Å². The van der Waals surface area contributed by atoms with E-state index in [2.05, 4.69) is 18.7 Å². The summed E-state index contributed by atoms with van der Waals surface area (Å²) in [7, 11) is 1.57. The second kappa shape index (κ2) is 6.59. The minimum absolute atomic E-state index is 0.121. The molecular weight excluding hydrogens is 274 g/mol. The largest absolute Gasteiger partial charge is 0.495 e. The lowest BCUT2D eigenvalue weighted by molar-refractivity contribution is 0.0779. The summed E-state index contributed by atoms with van der Waals surface area (Å²) in [4.78, 5) is 14.6. The number of Topliss-reactive ketones (excluding diaryl/α,β-unsaturated/α-hetero) is 1. The number of carbonyl (C=O) groups is 1. The van der Waals surface area contributed by atoms with E-state index in [9.17, 15) is 4.79 Å². The van der Waals surface area contributed by atoms with E-state index >= 15 is 0 Å². The van der Waals surface area contributed by atoms with Gasteiger partial charge in [0.05, 0.1) is 18.7 Å². The van der Waals surface area contributed by atoms with Crippen LogP contribution in [0.25, 0.3) is 0 Å². The topological polar surface area (TPSA) is 29.5 Å². The molecular formula is C16H22ClNO2. The van der Waals surface area contributed by atoms with Crippen LogP contribution >= 0.6 is 11.6 Å². The van der Waals surface area contributed by atoms with Crippen molar-refractivity contribution in [1.29, 1.82) is 0 Å². The van der Waals surface area contributed by atoms with Crippen LogP contribution < -0.4 is 4.74 Å². The number of ether oxygens (including phenoxy) is 1. The number of ketones is 1. The minimum Gasteiger partial charge on any atom is -0.495 e. The summed E-state index contributed by atoms with van der Waals surface area (Å²) in [6.45, 7) is 5.93. The highest BCUT2D eigenvalue weighted by atomic mass is 35.5. The maximum absolute atomic E-state index is 12.4. The first-order valence-corrected chi connectivity index (χ1v) is 7.51. The maximum Gasteiger partial charge on any atom is 0.176 e. The zero-order valence-electron chi connectivity index (χ0n) is 12.4. The molecule has 0 aliphatic carbocycles. The van der Waals surface area contributed by atoms with E-state index < -0.39 is 0 Å². The number of benzene rings is 1. The molecule has 2 atom stereocenters. The Labute approximate surface area is 125 Å². The molecule has 1 aromatic carbocycles. The van der Waals surface area contributed by atoms with Gasteiger partial charge in [0.15, 0.2) is 5.78 Å². The van der Waals surface area contributed by atoms with Crippen molar-refractivity contribution in [2.45, 2.75) is 32.7 Å². The molecule has 4 heteroatoms. The Kier molecular flexibility index (Phi) is 5.06. The summed E-state index contributed by atoms with van der Waals surface area (Å²) in [6, 6.07) is 5.69. The zero-order chi connectivity index (χ0) is 14.7. The number of carbonyl (C=O) groups excluding carboxylic acids is 1. The molecule has 1 aromatic rings. The quantitative estimate of drug-likeness (QED) is 0.794. The van der Waals surface area contributed by atoms with E-state index in [4.69, 9.17) is 16.3 Å². The number of methoxy groups -OCH3 is 1. The summed E-state index contributed by atoms with van der Waals surface area (Å²) in [5.41, 5.74) is 0.654. The molecule has 0 saturated carbocycles. The third-order valence-corrected chi connectivity index (χ3v) is 4.62. The summed E-state index contributed by atoms with van der Waals surface area (Å²) in [5.74, 6) is 1.37. The standard InChI is InChI=1S/C16H22ClNO2/c1-11-5-4-8-18(12(11)2)10-15(19)13-6-7-16(20-3)14(17)9-13/h6-7,9,11-12H,4-5,8,10H2,1-3H3. The SMILES string of the molecule is COc1ccc(C(=O)CN2CCCC(C)C2C)cc1Cl. The number of piperidine rings is 1. The van der Waals surface area contributed by atoms with Crippen LogP contribution in [0, 0.1) is 5.92 Å². The molecule has 1 saturated heterocycles. The number of halogens is 1. The summed E-state index contributed by atoms with van der Waals surface area (Å²) in [5, 5.41) is 0.485. The number of hydrogen-bond donors (Lipinski definition) is 0. The molecule has 0 radical (unpaired) electrons. The average molecular weight is 296 g/mol. The Morgan fingerprint density at radius 1 is 1.45 bits per heavy atom. The van der Waals surface area contributed by atoms with Crippen LogP contribution in [0.15, 0.2) is 18.2 Å². The van der Waals surface area contributed by atoms with Crippen molar-refractivity contribution in [3.05, 3.63) is 28.8 Å². The van der Waals surface area contributed by atoms with Gasteiger partial charge in [0.25, 0.3) is 0 Å². The van der Waals surface area contributed by atoms with Gasteiger partial charge in [-0.3, -0.25) is 9.69 Å². The molecule has 2 rings (SSSR count). The predicted octanol–water partition coefficient (Wildman–Crippen LogP) is 3.65. The van der Waals surface area contributed by atoms with Crippen molar-refractivity contribution in [3.8, 4) is 5.75 Å². The van der Waals surface area contributed by atoms with Crippen LogP contribution in [0.1, 0.15) is 37.0 Å². The lowest BCUT2D eigenvalue weighted by Gasteiger charge is -2.37. The fourth-order valence-electron chi connectivity index (χ4n) is 2.76. The molecule has 0 bridgehead atoms. The number of hydrogen-bond acceptors (Lipinski definition) is 3.